The molecule has 2 aromatic rings. The number of nitrogens with one attached hydrogen (secondary N) is 1. The Morgan fingerprint density at radius 3 is 2.79 bits per heavy atom. The Hall–Kier alpha value is -2.75. The molecule has 0 aliphatic carbocycles. The summed E-state index contributed by atoms with van der Waals surface area (Å²) >= 11 is 5.96. The summed E-state index contributed by atoms with van der Waals surface area (Å²) in [4.78, 5) is 34.5. The van der Waals surface area contributed by atoms with Crippen molar-refractivity contribution in [1.29, 1.82) is 0 Å². The summed E-state index contributed by atoms with van der Waals surface area (Å²) in [6.07, 6.45) is 3.20. The number of hydrogen-bond acceptors (Lipinski definition) is 7. The van der Waals surface area contributed by atoms with Crippen molar-refractivity contribution in [2.24, 2.45) is 5.92 Å². The van der Waals surface area contributed by atoms with E-state index >= 15 is 0 Å². The number of pyridine rings is 1. The topological polar surface area (TPSA) is 112 Å². The third kappa shape index (κ3) is 6.65. The highest BCUT2D eigenvalue weighted by atomic mass is 35.5. The molecule has 2 heterocycles. The lowest BCUT2D eigenvalue weighted by atomic mass is 10.0. The number of hydroxylamine groups is 2. The van der Waals surface area contributed by atoms with Gasteiger partial charge in [0.2, 0.25) is 0 Å². The Morgan fingerprint density at radius 2 is 2.09 bits per heavy atom. The van der Waals surface area contributed by atoms with Gasteiger partial charge in [-0.2, -0.15) is 0 Å². The van der Waals surface area contributed by atoms with E-state index in [2.05, 4.69) is 16.4 Å². The quantitative estimate of drug-likeness (QED) is 0.406. The predicted molar refractivity (Wildman–Crippen MR) is 125 cm³/mol. The highest BCUT2D eigenvalue weighted by Crippen LogP contribution is 2.23. The van der Waals surface area contributed by atoms with Gasteiger partial charge in [0.15, 0.2) is 0 Å². The second-order valence-electron chi connectivity index (χ2n) is 8.43. The molecule has 1 aromatic carbocycles. The SMILES string of the molecule is C[C@H](CCc1ccc2c(n1)NCCC2)CN(OC(=O)c1c(F)cccc1Cl)[C@H](CCO)C(=O)O. The molecule has 0 radical (unpaired) electrons. The van der Waals surface area contributed by atoms with Crippen LogP contribution in [0.2, 0.25) is 5.02 Å². The molecular formula is C24H29ClFN3O5. The van der Waals surface area contributed by atoms with E-state index < -0.39 is 36.0 Å². The third-order valence-electron chi connectivity index (χ3n) is 5.74. The van der Waals surface area contributed by atoms with Crippen LogP contribution in [-0.2, 0) is 22.5 Å². The van der Waals surface area contributed by atoms with E-state index in [4.69, 9.17) is 16.4 Å². The lowest BCUT2D eigenvalue weighted by Gasteiger charge is -2.29. The molecule has 8 nitrogen and oxygen atoms in total. The number of benzene rings is 1. The van der Waals surface area contributed by atoms with E-state index in [-0.39, 0.29) is 23.9 Å². The third-order valence-corrected chi connectivity index (χ3v) is 6.05. The largest absolute Gasteiger partial charge is 0.480 e. The molecule has 0 saturated heterocycles. The minimum atomic E-state index is -1.30. The molecule has 34 heavy (non-hydrogen) atoms. The molecule has 0 bridgehead atoms. The Balaban J connectivity index is 1.70. The van der Waals surface area contributed by atoms with Crippen LogP contribution in [0.4, 0.5) is 10.2 Å². The highest BCUT2D eigenvalue weighted by Gasteiger charge is 2.31. The van der Waals surface area contributed by atoms with Gasteiger partial charge in [-0.1, -0.05) is 30.7 Å². The standard InChI is InChI=1S/C24H29ClFN3O5/c1-15(7-9-17-10-8-16-4-3-12-27-22(16)28-17)14-29(20(11-13-30)23(31)32)34-24(33)21-18(25)5-2-6-19(21)26/h2,5-6,8,10,15,20,30H,3-4,7,9,11-14H2,1H3,(H,27,28)(H,31,32)/t15-,20-/m1/s1. The van der Waals surface area contributed by atoms with E-state index in [1.165, 1.54) is 17.7 Å². The monoisotopic (exact) mass is 493 g/mol. The number of halogens is 2. The first-order valence-electron chi connectivity index (χ1n) is 11.3. The zero-order valence-corrected chi connectivity index (χ0v) is 19.7. The molecular weight excluding hydrogens is 465 g/mol. The lowest BCUT2D eigenvalue weighted by Crippen LogP contribution is -2.45. The van der Waals surface area contributed by atoms with Gasteiger partial charge in [0.05, 0.1) is 5.02 Å². The normalized spacial score (nSPS) is 14.7. The van der Waals surface area contributed by atoms with Gasteiger partial charge >= 0.3 is 11.9 Å². The Bertz CT molecular complexity index is 1000. The van der Waals surface area contributed by atoms with E-state index in [1.54, 1.807) is 0 Å². The summed E-state index contributed by atoms with van der Waals surface area (Å²) in [5, 5.41) is 23.1. The maximum atomic E-state index is 14.2. The van der Waals surface area contributed by atoms with Gasteiger partial charge in [-0.25, -0.2) is 14.2 Å². The van der Waals surface area contributed by atoms with Crippen molar-refractivity contribution in [1.82, 2.24) is 10.0 Å². The first-order valence-corrected chi connectivity index (χ1v) is 11.7. The number of carbonyl (C=O) groups is 2. The molecule has 0 amide bonds. The second-order valence-corrected chi connectivity index (χ2v) is 8.83. The average Bonchev–Trinajstić information content (AvgIpc) is 2.80. The molecule has 1 aliphatic heterocycles. The molecule has 10 heteroatoms. The van der Waals surface area contributed by atoms with Crippen LogP contribution in [0.3, 0.4) is 0 Å². The second kappa shape index (κ2) is 12.1. The smallest absolute Gasteiger partial charge is 0.361 e. The zero-order valence-electron chi connectivity index (χ0n) is 19.0. The van der Waals surface area contributed by atoms with Crippen molar-refractivity contribution in [3.63, 3.8) is 0 Å². The summed E-state index contributed by atoms with van der Waals surface area (Å²) in [7, 11) is 0. The number of aliphatic hydroxyl groups excluding tert-OH is 1. The van der Waals surface area contributed by atoms with Crippen LogP contribution in [0.1, 0.15) is 47.8 Å². The molecule has 3 rings (SSSR count). The van der Waals surface area contributed by atoms with Crippen LogP contribution in [0.15, 0.2) is 30.3 Å². The molecule has 0 fully saturated rings. The van der Waals surface area contributed by atoms with Gasteiger partial charge in [-0.3, -0.25) is 4.79 Å². The summed E-state index contributed by atoms with van der Waals surface area (Å²) < 4.78 is 14.2. The van der Waals surface area contributed by atoms with Crippen molar-refractivity contribution in [2.75, 3.05) is 25.0 Å². The molecule has 0 spiro atoms. The Labute approximate surface area is 202 Å². The number of aryl methyl sites for hydroxylation is 2. The van der Waals surface area contributed by atoms with Crippen LogP contribution in [0.25, 0.3) is 0 Å². The number of aliphatic carboxylic acids is 1. The van der Waals surface area contributed by atoms with Crippen molar-refractivity contribution in [3.05, 3.63) is 58.0 Å². The molecule has 3 N–H and O–H groups in total. The van der Waals surface area contributed by atoms with Gasteiger partial charge in [-0.05, 0) is 61.8 Å². The minimum Gasteiger partial charge on any atom is -0.480 e. The summed E-state index contributed by atoms with van der Waals surface area (Å²) in [6.45, 7) is 2.43. The van der Waals surface area contributed by atoms with Crippen molar-refractivity contribution < 1.29 is 29.0 Å². The fourth-order valence-corrected chi connectivity index (χ4v) is 4.13. The molecule has 0 saturated carbocycles. The maximum absolute atomic E-state index is 14.2. The summed E-state index contributed by atoms with van der Waals surface area (Å²) in [5.41, 5.74) is 1.63. The number of anilines is 1. The number of fused-ring (bicyclic) bond motifs is 1. The van der Waals surface area contributed by atoms with Crippen LogP contribution < -0.4 is 5.32 Å². The molecule has 0 unspecified atom stereocenters. The lowest BCUT2D eigenvalue weighted by molar-refractivity contribution is -0.176. The first kappa shape index (κ1) is 25.9. The van der Waals surface area contributed by atoms with Gasteiger partial charge in [0, 0.05) is 25.4 Å². The number of nitrogens with zero attached hydrogens (tertiary/aromatic N) is 2. The number of carbonyl (C=O) groups excluding carboxylic acids is 1. The number of aromatic nitrogens is 1. The molecule has 184 valence electrons. The van der Waals surface area contributed by atoms with E-state index in [0.717, 1.165) is 42.0 Å². The number of aliphatic hydroxyl groups is 1. The van der Waals surface area contributed by atoms with Gasteiger partial charge < -0.3 is 20.4 Å². The summed E-state index contributed by atoms with van der Waals surface area (Å²) in [5.74, 6) is -2.43. The zero-order chi connectivity index (χ0) is 24.7. The molecule has 2 atom stereocenters. The highest BCUT2D eigenvalue weighted by molar-refractivity contribution is 6.33. The fraction of sp³-hybridized carbons (Fsp3) is 0.458. The van der Waals surface area contributed by atoms with Crippen LogP contribution in [0, 0.1) is 11.7 Å². The number of hydrogen-bond donors (Lipinski definition) is 3. The Morgan fingerprint density at radius 1 is 1.29 bits per heavy atom. The number of rotatable bonds is 11. The van der Waals surface area contributed by atoms with Crippen molar-refractivity contribution >= 4 is 29.4 Å². The van der Waals surface area contributed by atoms with Crippen molar-refractivity contribution in [2.45, 2.75) is 45.1 Å². The number of carboxylic acids is 1. The average molecular weight is 494 g/mol. The van der Waals surface area contributed by atoms with E-state index in [1.807, 2.05) is 13.0 Å². The molecule has 1 aromatic heterocycles. The fourth-order valence-electron chi connectivity index (χ4n) is 3.89. The van der Waals surface area contributed by atoms with Crippen LogP contribution in [0.5, 0.6) is 0 Å². The minimum absolute atomic E-state index is 0.0674. The van der Waals surface area contributed by atoms with Crippen LogP contribution >= 0.6 is 11.6 Å². The van der Waals surface area contributed by atoms with Gasteiger partial charge in [-0.15, -0.1) is 5.06 Å². The van der Waals surface area contributed by atoms with Gasteiger partial charge in [0.1, 0.15) is 23.2 Å². The van der Waals surface area contributed by atoms with Gasteiger partial charge in [0.25, 0.3) is 0 Å². The molecule has 1 aliphatic rings. The summed E-state index contributed by atoms with van der Waals surface area (Å²) in [6, 6.07) is 6.53. The maximum Gasteiger partial charge on any atom is 0.361 e. The van der Waals surface area contributed by atoms with E-state index in [0.29, 0.717) is 12.8 Å². The van der Waals surface area contributed by atoms with Crippen molar-refractivity contribution in [3.8, 4) is 0 Å². The van der Waals surface area contributed by atoms with E-state index in [9.17, 15) is 24.2 Å². The first-order chi connectivity index (χ1) is 16.3. The Kier molecular flexibility index (Phi) is 9.20. The van der Waals surface area contributed by atoms with Crippen LogP contribution in [-0.4, -0.2) is 57.9 Å². The predicted octanol–water partition coefficient (Wildman–Crippen LogP) is 3.71. The number of carboxylic acid groups (broad SMARTS) is 1.